The summed E-state index contributed by atoms with van der Waals surface area (Å²) in [5.74, 6) is -0.215. The predicted molar refractivity (Wildman–Crippen MR) is 108 cm³/mol. The highest BCUT2D eigenvalue weighted by Crippen LogP contribution is 2.29. The van der Waals surface area contributed by atoms with E-state index in [0.717, 1.165) is 19.3 Å². The van der Waals surface area contributed by atoms with E-state index in [2.05, 4.69) is 27.8 Å². The highest BCUT2D eigenvalue weighted by Gasteiger charge is 2.21. The van der Waals surface area contributed by atoms with Gasteiger partial charge in [0.15, 0.2) is 5.13 Å². The zero-order valence-electron chi connectivity index (χ0n) is 14.6. The molecule has 0 fully saturated rings. The van der Waals surface area contributed by atoms with Crippen molar-refractivity contribution in [3.8, 4) is 0 Å². The molecule has 0 spiro atoms. The molecule has 27 heavy (non-hydrogen) atoms. The lowest BCUT2D eigenvalue weighted by Crippen LogP contribution is -2.32. The largest absolute Gasteiger partial charge is 0.349 e. The molecule has 0 radical (unpaired) electrons. The summed E-state index contributed by atoms with van der Waals surface area (Å²) in [6, 6.07) is 12.0. The van der Waals surface area contributed by atoms with Gasteiger partial charge in [-0.1, -0.05) is 30.3 Å². The topological polar surface area (TPSA) is 71.1 Å². The normalized spacial score (nSPS) is 15.8. The highest BCUT2D eigenvalue weighted by atomic mass is 32.1. The molecule has 0 saturated heterocycles. The third-order valence-corrected chi connectivity index (χ3v) is 6.24. The van der Waals surface area contributed by atoms with Crippen molar-refractivity contribution in [2.45, 2.75) is 31.7 Å². The van der Waals surface area contributed by atoms with E-state index in [1.54, 1.807) is 6.07 Å². The number of benzene rings is 1. The van der Waals surface area contributed by atoms with Crippen molar-refractivity contribution in [2.24, 2.45) is 0 Å². The van der Waals surface area contributed by atoms with Gasteiger partial charge < -0.3 is 5.32 Å². The van der Waals surface area contributed by atoms with Crippen molar-refractivity contribution in [2.75, 3.05) is 5.32 Å². The first-order chi connectivity index (χ1) is 13.2. The first-order valence-electron chi connectivity index (χ1n) is 8.85. The van der Waals surface area contributed by atoms with E-state index in [-0.39, 0.29) is 24.3 Å². The van der Waals surface area contributed by atoms with Crippen LogP contribution in [-0.2, 0) is 17.6 Å². The number of carbonyl (C=O) groups is 2. The number of thiophene rings is 1. The van der Waals surface area contributed by atoms with Gasteiger partial charge in [0.2, 0.25) is 5.91 Å². The van der Waals surface area contributed by atoms with Crippen LogP contribution in [0.3, 0.4) is 0 Å². The van der Waals surface area contributed by atoms with Crippen LogP contribution in [0.25, 0.3) is 0 Å². The van der Waals surface area contributed by atoms with Crippen molar-refractivity contribution >= 4 is 39.6 Å². The average molecular weight is 398 g/mol. The fourth-order valence-corrected chi connectivity index (χ4v) is 4.65. The number of carbonyl (C=O) groups excluding carboxylic acids is 2. The molecular weight excluding hydrogens is 378 g/mol. The van der Waals surface area contributed by atoms with Gasteiger partial charge in [-0.05, 0) is 41.8 Å². The van der Waals surface area contributed by atoms with E-state index >= 15 is 0 Å². The lowest BCUT2D eigenvalue weighted by atomic mass is 9.87. The Morgan fingerprint density at radius 2 is 2.04 bits per heavy atom. The van der Waals surface area contributed by atoms with Crippen LogP contribution >= 0.6 is 22.7 Å². The summed E-state index contributed by atoms with van der Waals surface area (Å²) in [7, 11) is 0. The molecule has 2 heterocycles. The second kappa shape index (κ2) is 8.02. The highest BCUT2D eigenvalue weighted by molar-refractivity contribution is 7.14. The predicted octanol–water partition coefficient (Wildman–Crippen LogP) is 4.19. The minimum absolute atomic E-state index is 0.0434. The molecule has 1 aliphatic rings. The summed E-state index contributed by atoms with van der Waals surface area (Å²) in [5, 5.41) is 10.1. The minimum atomic E-state index is -0.172. The van der Waals surface area contributed by atoms with Gasteiger partial charge in [-0.3, -0.25) is 14.9 Å². The molecule has 1 aliphatic carbocycles. The van der Waals surface area contributed by atoms with E-state index in [0.29, 0.717) is 15.7 Å². The summed E-state index contributed by atoms with van der Waals surface area (Å²) in [6.07, 6.45) is 3.32. The molecule has 1 atom stereocenters. The first-order valence-corrected chi connectivity index (χ1v) is 10.6. The number of nitrogens with one attached hydrogen (secondary N) is 2. The number of amides is 2. The maximum atomic E-state index is 12.5. The summed E-state index contributed by atoms with van der Waals surface area (Å²) in [4.78, 5) is 29.6. The van der Waals surface area contributed by atoms with Crippen molar-refractivity contribution in [3.05, 3.63) is 68.9 Å². The van der Waals surface area contributed by atoms with E-state index in [1.807, 2.05) is 29.0 Å². The Morgan fingerprint density at radius 1 is 1.15 bits per heavy atom. The van der Waals surface area contributed by atoms with Crippen LogP contribution in [0.4, 0.5) is 5.13 Å². The molecule has 0 bridgehead atoms. The van der Waals surface area contributed by atoms with Gasteiger partial charge in [-0.25, -0.2) is 4.98 Å². The lowest BCUT2D eigenvalue weighted by molar-refractivity contribution is -0.121. The molecule has 3 aromatic rings. The summed E-state index contributed by atoms with van der Waals surface area (Å²) in [6.45, 7) is 0. The Morgan fingerprint density at radius 3 is 2.89 bits per heavy atom. The number of hydrogen-bond donors (Lipinski definition) is 2. The Hall–Kier alpha value is -2.51. The van der Waals surface area contributed by atoms with Crippen LogP contribution in [0.15, 0.2) is 47.2 Å². The Balaban J connectivity index is 1.35. The van der Waals surface area contributed by atoms with Gasteiger partial charge in [0.05, 0.1) is 23.0 Å². The van der Waals surface area contributed by atoms with Gasteiger partial charge in [-0.15, -0.1) is 22.7 Å². The summed E-state index contributed by atoms with van der Waals surface area (Å²) < 4.78 is 0. The molecule has 138 valence electrons. The Bertz CT molecular complexity index is 950. The maximum Gasteiger partial charge on any atom is 0.267 e. The molecule has 7 heteroatoms. The minimum Gasteiger partial charge on any atom is -0.349 e. The Kier molecular flexibility index (Phi) is 5.31. The van der Waals surface area contributed by atoms with Crippen LogP contribution in [-0.4, -0.2) is 16.8 Å². The van der Waals surface area contributed by atoms with E-state index in [1.165, 1.54) is 33.8 Å². The monoisotopic (exact) mass is 397 g/mol. The number of hydrogen-bond acceptors (Lipinski definition) is 5. The molecule has 1 aromatic carbocycles. The number of thiazole rings is 1. The zero-order valence-corrected chi connectivity index (χ0v) is 16.2. The molecule has 0 aliphatic heterocycles. The van der Waals surface area contributed by atoms with E-state index < -0.39 is 0 Å². The van der Waals surface area contributed by atoms with Gasteiger partial charge in [0, 0.05) is 5.38 Å². The third-order valence-electron chi connectivity index (χ3n) is 4.56. The van der Waals surface area contributed by atoms with Crippen LogP contribution in [0, 0.1) is 0 Å². The number of aryl methyl sites for hydroxylation is 1. The van der Waals surface area contributed by atoms with Crippen LogP contribution < -0.4 is 10.6 Å². The Labute approximate surface area is 165 Å². The quantitative estimate of drug-likeness (QED) is 0.678. The van der Waals surface area contributed by atoms with Crippen LogP contribution in [0.1, 0.15) is 45.4 Å². The van der Waals surface area contributed by atoms with Gasteiger partial charge in [0.1, 0.15) is 0 Å². The average Bonchev–Trinajstić information content (AvgIpc) is 3.34. The standard InChI is InChI=1S/C20H19N3O2S2/c24-18(22-16-8-3-6-13-5-1-2-7-15(13)16)11-14-12-27-20(21-14)23-19(25)17-9-4-10-26-17/h1-2,4-5,7,9-10,12,16H,3,6,8,11H2,(H,22,24)(H,21,23,25). The van der Waals surface area contributed by atoms with Crippen LogP contribution in [0.2, 0.25) is 0 Å². The molecular formula is C20H19N3O2S2. The number of anilines is 1. The zero-order chi connectivity index (χ0) is 18.6. The number of rotatable bonds is 5. The molecule has 4 rings (SSSR count). The molecule has 0 saturated carbocycles. The third kappa shape index (κ3) is 4.26. The molecule has 2 amide bonds. The number of nitrogens with zero attached hydrogens (tertiary/aromatic N) is 1. The first kappa shape index (κ1) is 17.9. The van der Waals surface area contributed by atoms with Crippen molar-refractivity contribution in [1.82, 2.24) is 10.3 Å². The lowest BCUT2D eigenvalue weighted by Gasteiger charge is -2.26. The van der Waals surface area contributed by atoms with Gasteiger partial charge in [0.25, 0.3) is 5.91 Å². The summed E-state index contributed by atoms with van der Waals surface area (Å²) >= 11 is 2.72. The van der Waals surface area contributed by atoms with Crippen molar-refractivity contribution in [3.63, 3.8) is 0 Å². The van der Waals surface area contributed by atoms with Crippen molar-refractivity contribution in [1.29, 1.82) is 0 Å². The number of aromatic nitrogens is 1. The SMILES string of the molecule is O=C(Cc1csc(NC(=O)c2cccs2)n1)NC1CCCc2ccccc21. The second-order valence-electron chi connectivity index (χ2n) is 6.46. The molecule has 1 unspecified atom stereocenters. The molecule has 2 aromatic heterocycles. The second-order valence-corrected chi connectivity index (χ2v) is 8.27. The fraction of sp³-hybridized carbons (Fsp3) is 0.250. The van der Waals surface area contributed by atoms with Crippen LogP contribution in [0.5, 0.6) is 0 Å². The maximum absolute atomic E-state index is 12.5. The molecule has 5 nitrogen and oxygen atoms in total. The fourth-order valence-electron chi connectivity index (χ4n) is 3.33. The van der Waals surface area contributed by atoms with Gasteiger partial charge >= 0.3 is 0 Å². The van der Waals surface area contributed by atoms with E-state index in [4.69, 9.17) is 0 Å². The summed E-state index contributed by atoms with van der Waals surface area (Å²) in [5.41, 5.74) is 3.21. The molecule has 2 N–H and O–H groups in total. The van der Waals surface area contributed by atoms with Gasteiger partial charge in [-0.2, -0.15) is 0 Å². The van der Waals surface area contributed by atoms with Crippen molar-refractivity contribution < 1.29 is 9.59 Å². The number of fused-ring (bicyclic) bond motifs is 1. The smallest absolute Gasteiger partial charge is 0.267 e. The van der Waals surface area contributed by atoms with E-state index in [9.17, 15) is 9.59 Å².